The minimum absolute atomic E-state index is 0.319. The third-order valence-electron chi connectivity index (χ3n) is 0.563. The molecule has 0 aliphatic carbocycles. The van der Waals surface area contributed by atoms with Crippen molar-refractivity contribution in [1.29, 1.82) is 0 Å². The van der Waals surface area contributed by atoms with Gasteiger partial charge in [-0.05, 0) is 13.8 Å². The second kappa shape index (κ2) is 15.3. The number of aliphatic carboxylic acids is 2. The van der Waals surface area contributed by atoms with Gasteiger partial charge in [0.1, 0.15) is 0 Å². The lowest BCUT2D eigenvalue weighted by atomic mass is 10.4. The molecule has 0 saturated carbocycles. The maximum Gasteiger partial charge on any atom is 0.300 e. The van der Waals surface area contributed by atoms with Crippen molar-refractivity contribution in [1.82, 2.24) is 0 Å². The van der Waals surface area contributed by atoms with E-state index in [0.29, 0.717) is 13.2 Å². The number of carboxylic acid groups (broad SMARTS) is 2. The van der Waals surface area contributed by atoms with E-state index in [2.05, 4.69) is 0 Å². The van der Waals surface area contributed by atoms with Crippen molar-refractivity contribution in [2.75, 3.05) is 13.2 Å². The molecule has 0 aliphatic rings. The first kappa shape index (κ1) is 19.4. The first-order valence-corrected chi connectivity index (χ1v) is 4.38. The van der Waals surface area contributed by atoms with Crippen LogP contribution < -0.4 is 0 Å². The van der Waals surface area contributed by atoms with Crippen LogP contribution in [0, 0.1) is 0 Å². The Kier molecular flexibility index (Phi) is 19.9. The maximum absolute atomic E-state index is 9.00. The number of rotatable bonds is 3. The molecule has 0 bridgehead atoms. The molecule has 3 N–H and O–H groups in total. The second-order valence-electron chi connectivity index (χ2n) is 2.55. The molecule has 0 aliphatic heterocycles. The Balaban J connectivity index is -0.000000155. The Morgan fingerprint density at radius 3 is 1.53 bits per heavy atom. The van der Waals surface area contributed by atoms with Gasteiger partial charge in [-0.2, -0.15) is 0 Å². The van der Waals surface area contributed by atoms with Crippen LogP contribution in [0.25, 0.3) is 0 Å². The van der Waals surface area contributed by atoms with E-state index in [0.717, 1.165) is 13.8 Å². The van der Waals surface area contributed by atoms with E-state index in [1.54, 1.807) is 6.92 Å². The van der Waals surface area contributed by atoms with Gasteiger partial charge in [-0.15, -0.1) is 0 Å². The lowest BCUT2D eigenvalue weighted by Crippen LogP contribution is -2.09. The molecule has 0 spiro atoms. The molecule has 0 aromatic rings. The Labute approximate surface area is 89.5 Å². The number of ether oxygens (including phenoxy) is 1. The third kappa shape index (κ3) is 185. The van der Waals surface area contributed by atoms with Crippen LogP contribution in [-0.2, 0) is 14.3 Å². The smallest absolute Gasteiger partial charge is 0.300 e. The summed E-state index contributed by atoms with van der Waals surface area (Å²) in [5.74, 6) is -1.67. The van der Waals surface area contributed by atoms with Gasteiger partial charge in [0.05, 0.1) is 12.7 Å². The standard InChI is InChI=1S/C5H12O2.2C2H4O2/c1-3-7-4-5(2)6;2*1-2(3)4/h5-6H,3-4H2,1-2H3;2*1H3,(H,3,4). The summed E-state index contributed by atoms with van der Waals surface area (Å²) in [6.45, 7) is 6.92. The van der Waals surface area contributed by atoms with Crippen molar-refractivity contribution < 1.29 is 29.6 Å². The molecule has 0 heterocycles. The Morgan fingerprint density at radius 1 is 1.20 bits per heavy atom. The highest BCUT2D eigenvalue weighted by Crippen LogP contribution is 1.79. The zero-order valence-corrected chi connectivity index (χ0v) is 9.56. The van der Waals surface area contributed by atoms with Crippen LogP contribution in [0.4, 0.5) is 0 Å². The van der Waals surface area contributed by atoms with Crippen LogP contribution in [0.15, 0.2) is 0 Å². The van der Waals surface area contributed by atoms with Gasteiger partial charge in [-0.1, -0.05) is 0 Å². The predicted octanol–water partition coefficient (Wildman–Crippen LogP) is 0.585. The molecule has 0 radical (unpaired) electrons. The highest BCUT2D eigenvalue weighted by Gasteiger charge is 1.90. The number of aliphatic hydroxyl groups excluding tert-OH is 1. The largest absolute Gasteiger partial charge is 0.481 e. The van der Waals surface area contributed by atoms with E-state index in [9.17, 15) is 0 Å². The number of aliphatic hydroxyl groups is 1. The predicted molar refractivity (Wildman–Crippen MR) is 54.8 cm³/mol. The molecule has 1 unspecified atom stereocenters. The minimum Gasteiger partial charge on any atom is -0.481 e. The van der Waals surface area contributed by atoms with Crippen LogP contribution >= 0.6 is 0 Å². The zero-order chi connectivity index (χ0) is 12.9. The van der Waals surface area contributed by atoms with Crippen LogP contribution in [0.2, 0.25) is 0 Å². The summed E-state index contributed by atoms with van der Waals surface area (Å²) in [4.78, 5) is 18.0. The van der Waals surface area contributed by atoms with E-state index in [1.807, 2.05) is 6.92 Å². The van der Waals surface area contributed by atoms with Gasteiger partial charge in [0.15, 0.2) is 0 Å². The zero-order valence-electron chi connectivity index (χ0n) is 9.56. The van der Waals surface area contributed by atoms with E-state index in [4.69, 9.17) is 29.6 Å². The van der Waals surface area contributed by atoms with E-state index in [1.165, 1.54) is 0 Å². The molecule has 0 amide bonds. The molecule has 0 saturated heterocycles. The Hall–Kier alpha value is -1.14. The molecule has 0 fully saturated rings. The quantitative estimate of drug-likeness (QED) is 0.648. The molecular formula is C9H20O6. The third-order valence-corrected chi connectivity index (χ3v) is 0.563. The second-order valence-corrected chi connectivity index (χ2v) is 2.55. The van der Waals surface area contributed by atoms with Gasteiger partial charge in [0, 0.05) is 20.5 Å². The van der Waals surface area contributed by atoms with Crippen LogP contribution in [0.3, 0.4) is 0 Å². The molecule has 0 rings (SSSR count). The van der Waals surface area contributed by atoms with Crippen molar-refractivity contribution in [3.63, 3.8) is 0 Å². The molecule has 92 valence electrons. The fourth-order valence-corrected chi connectivity index (χ4v) is 0.288. The van der Waals surface area contributed by atoms with E-state index < -0.39 is 11.9 Å². The average molecular weight is 224 g/mol. The first-order valence-electron chi connectivity index (χ1n) is 4.38. The highest BCUT2D eigenvalue weighted by atomic mass is 16.5. The van der Waals surface area contributed by atoms with Crippen LogP contribution in [0.1, 0.15) is 27.7 Å². The average Bonchev–Trinajstić information content (AvgIpc) is 1.98. The maximum atomic E-state index is 9.00. The summed E-state index contributed by atoms with van der Waals surface area (Å²) in [5, 5.41) is 23.4. The molecule has 6 heteroatoms. The van der Waals surface area contributed by atoms with Gasteiger partial charge in [0.25, 0.3) is 11.9 Å². The van der Waals surface area contributed by atoms with Crippen molar-refractivity contribution >= 4 is 11.9 Å². The Morgan fingerprint density at radius 2 is 1.47 bits per heavy atom. The number of hydrogen-bond donors (Lipinski definition) is 3. The summed E-state index contributed by atoms with van der Waals surface area (Å²) in [7, 11) is 0. The van der Waals surface area contributed by atoms with Crippen molar-refractivity contribution in [2.45, 2.75) is 33.8 Å². The summed E-state index contributed by atoms with van der Waals surface area (Å²) < 4.78 is 4.84. The molecule has 6 nitrogen and oxygen atoms in total. The lowest BCUT2D eigenvalue weighted by Gasteiger charge is -2.00. The normalized spacial score (nSPS) is 9.93. The van der Waals surface area contributed by atoms with Crippen molar-refractivity contribution in [3.05, 3.63) is 0 Å². The van der Waals surface area contributed by atoms with Gasteiger partial charge >= 0.3 is 0 Å². The summed E-state index contributed by atoms with van der Waals surface area (Å²) in [5.41, 5.74) is 0. The summed E-state index contributed by atoms with van der Waals surface area (Å²) >= 11 is 0. The fourth-order valence-electron chi connectivity index (χ4n) is 0.288. The number of carbonyl (C=O) groups is 2. The Bertz CT molecular complexity index is 135. The van der Waals surface area contributed by atoms with Gasteiger partial charge < -0.3 is 20.1 Å². The van der Waals surface area contributed by atoms with Gasteiger partial charge in [-0.3, -0.25) is 9.59 Å². The first-order chi connectivity index (χ1) is 6.73. The molecule has 15 heavy (non-hydrogen) atoms. The fraction of sp³-hybridized carbons (Fsp3) is 0.778. The van der Waals surface area contributed by atoms with Gasteiger partial charge in [-0.25, -0.2) is 0 Å². The van der Waals surface area contributed by atoms with Crippen molar-refractivity contribution in [2.24, 2.45) is 0 Å². The number of hydrogen-bond acceptors (Lipinski definition) is 4. The highest BCUT2D eigenvalue weighted by molar-refractivity contribution is 5.63. The molecule has 1 atom stereocenters. The lowest BCUT2D eigenvalue weighted by molar-refractivity contribution is -0.135. The minimum atomic E-state index is -0.833. The molecular weight excluding hydrogens is 204 g/mol. The topological polar surface area (TPSA) is 104 Å². The summed E-state index contributed by atoms with van der Waals surface area (Å²) in [6.07, 6.45) is -0.319. The summed E-state index contributed by atoms with van der Waals surface area (Å²) in [6, 6.07) is 0. The molecule has 0 aromatic carbocycles. The number of carboxylic acids is 2. The SMILES string of the molecule is CC(=O)O.CC(=O)O.CCOCC(C)O. The monoisotopic (exact) mass is 224 g/mol. The van der Waals surface area contributed by atoms with Crippen molar-refractivity contribution in [3.8, 4) is 0 Å². The van der Waals surface area contributed by atoms with E-state index >= 15 is 0 Å². The van der Waals surface area contributed by atoms with Crippen LogP contribution in [0.5, 0.6) is 0 Å². The molecule has 0 aromatic heterocycles. The van der Waals surface area contributed by atoms with E-state index in [-0.39, 0.29) is 6.10 Å². The van der Waals surface area contributed by atoms with Gasteiger partial charge in [0.2, 0.25) is 0 Å². The van der Waals surface area contributed by atoms with Crippen LogP contribution in [-0.4, -0.2) is 46.6 Å².